The predicted molar refractivity (Wildman–Crippen MR) is 72.8 cm³/mol. The van der Waals surface area contributed by atoms with E-state index in [-0.39, 0.29) is 12.4 Å². The number of aliphatic hydroxyl groups excluding tert-OH is 1. The van der Waals surface area contributed by atoms with Gasteiger partial charge in [-0.15, -0.1) is 0 Å². The molecule has 3 heteroatoms. The highest BCUT2D eigenvalue weighted by Crippen LogP contribution is 2.21. The Morgan fingerprint density at radius 3 is 2.53 bits per heavy atom. The fourth-order valence-corrected chi connectivity index (χ4v) is 1.92. The zero-order valence-electron chi connectivity index (χ0n) is 10.8. The summed E-state index contributed by atoms with van der Waals surface area (Å²) in [5.41, 5.74) is 1.76. The van der Waals surface area contributed by atoms with Crippen LogP contribution in [0.1, 0.15) is 11.1 Å². The van der Waals surface area contributed by atoms with Crippen molar-refractivity contribution < 1.29 is 14.2 Å². The molecular formula is C16H17FO2. The molecular weight excluding hydrogens is 243 g/mol. The van der Waals surface area contributed by atoms with Gasteiger partial charge in [0.15, 0.2) is 11.6 Å². The molecule has 1 atom stereocenters. The van der Waals surface area contributed by atoms with Crippen molar-refractivity contribution in [2.75, 3.05) is 6.61 Å². The van der Waals surface area contributed by atoms with Crippen molar-refractivity contribution in [3.8, 4) is 5.75 Å². The van der Waals surface area contributed by atoms with Crippen LogP contribution < -0.4 is 4.74 Å². The first-order chi connectivity index (χ1) is 9.16. The van der Waals surface area contributed by atoms with Crippen LogP contribution in [-0.2, 0) is 6.42 Å². The standard InChI is InChI=1S/C16H17FO2/c1-12-6-5-9-15(17)16(12)19-11-14(18)10-13-7-3-2-4-8-13/h2-9,14,18H,10-11H2,1H3/t14-/m0/s1. The van der Waals surface area contributed by atoms with Crippen LogP contribution in [0.5, 0.6) is 5.75 Å². The smallest absolute Gasteiger partial charge is 0.165 e. The van der Waals surface area contributed by atoms with Crippen molar-refractivity contribution in [2.24, 2.45) is 0 Å². The van der Waals surface area contributed by atoms with Gasteiger partial charge in [0.05, 0.1) is 6.10 Å². The second kappa shape index (κ2) is 6.34. The van der Waals surface area contributed by atoms with Gasteiger partial charge in [-0.2, -0.15) is 0 Å². The number of hydrogen-bond donors (Lipinski definition) is 1. The van der Waals surface area contributed by atoms with Gasteiger partial charge in [0, 0.05) is 6.42 Å². The monoisotopic (exact) mass is 260 g/mol. The average molecular weight is 260 g/mol. The minimum absolute atomic E-state index is 0.0800. The van der Waals surface area contributed by atoms with Crippen LogP contribution in [-0.4, -0.2) is 17.8 Å². The van der Waals surface area contributed by atoms with E-state index in [0.29, 0.717) is 6.42 Å². The quantitative estimate of drug-likeness (QED) is 0.895. The van der Waals surface area contributed by atoms with Crippen LogP contribution >= 0.6 is 0 Å². The Balaban J connectivity index is 1.92. The van der Waals surface area contributed by atoms with E-state index in [1.807, 2.05) is 30.3 Å². The Bertz CT molecular complexity index is 505. The molecule has 0 spiro atoms. The largest absolute Gasteiger partial charge is 0.488 e. The maximum Gasteiger partial charge on any atom is 0.165 e. The van der Waals surface area contributed by atoms with Crippen LogP contribution in [0.15, 0.2) is 48.5 Å². The van der Waals surface area contributed by atoms with E-state index in [4.69, 9.17) is 4.74 Å². The van der Waals surface area contributed by atoms with E-state index in [1.165, 1.54) is 6.07 Å². The summed E-state index contributed by atoms with van der Waals surface area (Å²) in [5.74, 6) is -0.179. The van der Waals surface area contributed by atoms with Crippen molar-refractivity contribution in [1.29, 1.82) is 0 Å². The molecule has 2 rings (SSSR count). The summed E-state index contributed by atoms with van der Waals surface area (Å²) in [6.45, 7) is 1.86. The van der Waals surface area contributed by atoms with Gasteiger partial charge in [-0.05, 0) is 24.1 Å². The minimum atomic E-state index is -0.651. The molecule has 19 heavy (non-hydrogen) atoms. The predicted octanol–water partition coefficient (Wildman–Crippen LogP) is 3.12. The fourth-order valence-electron chi connectivity index (χ4n) is 1.92. The number of hydrogen-bond acceptors (Lipinski definition) is 2. The second-order valence-electron chi connectivity index (χ2n) is 4.54. The first-order valence-electron chi connectivity index (χ1n) is 6.26. The number of rotatable bonds is 5. The molecule has 100 valence electrons. The lowest BCUT2D eigenvalue weighted by Crippen LogP contribution is -2.20. The molecule has 0 unspecified atom stereocenters. The number of aliphatic hydroxyl groups is 1. The minimum Gasteiger partial charge on any atom is -0.488 e. The number of aryl methyl sites for hydroxylation is 1. The molecule has 2 aromatic carbocycles. The van der Waals surface area contributed by atoms with Gasteiger partial charge in [-0.1, -0.05) is 42.5 Å². The molecule has 2 nitrogen and oxygen atoms in total. The van der Waals surface area contributed by atoms with E-state index in [2.05, 4.69) is 0 Å². The summed E-state index contributed by atoms with van der Waals surface area (Å²) in [4.78, 5) is 0. The third kappa shape index (κ3) is 3.80. The molecule has 0 amide bonds. The molecule has 0 aliphatic carbocycles. The highest BCUT2D eigenvalue weighted by Gasteiger charge is 2.10. The molecule has 0 radical (unpaired) electrons. The molecule has 1 N–H and O–H groups in total. The van der Waals surface area contributed by atoms with Crippen molar-refractivity contribution in [3.05, 3.63) is 65.5 Å². The number of halogens is 1. The molecule has 0 aromatic heterocycles. The van der Waals surface area contributed by atoms with Gasteiger partial charge >= 0.3 is 0 Å². The first-order valence-corrected chi connectivity index (χ1v) is 6.26. The third-order valence-corrected chi connectivity index (χ3v) is 2.90. The first kappa shape index (κ1) is 13.6. The zero-order valence-corrected chi connectivity index (χ0v) is 10.8. The molecule has 0 heterocycles. The van der Waals surface area contributed by atoms with Gasteiger partial charge in [0.1, 0.15) is 6.61 Å². The molecule has 0 saturated carbocycles. The van der Waals surface area contributed by atoms with Crippen molar-refractivity contribution in [1.82, 2.24) is 0 Å². The number of para-hydroxylation sites is 1. The van der Waals surface area contributed by atoms with Gasteiger partial charge in [0.25, 0.3) is 0 Å². The highest BCUT2D eigenvalue weighted by atomic mass is 19.1. The normalized spacial score (nSPS) is 12.2. The molecule has 0 aliphatic rings. The Kier molecular flexibility index (Phi) is 4.53. The summed E-state index contributed by atoms with van der Waals surface area (Å²) in [6, 6.07) is 14.4. The molecule has 0 fully saturated rings. The Hall–Kier alpha value is -1.87. The van der Waals surface area contributed by atoms with E-state index in [9.17, 15) is 9.50 Å². The Morgan fingerprint density at radius 2 is 1.84 bits per heavy atom. The van der Waals surface area contributed by atoms with Crippen LogP contribution in [0.2, 0.25) is 0 Å². The molecule has 2 aromatic rings. The summed E-state index contributed by atoms with van der Waals surface area (Å²) >= 11 is 0. The Morgan fingerprint density at radius 1 is 1.11 bits per heavy atom. The second-order valence-corrected chi connectivity index (χ2v) is 4.54. The van der Waals surface area contributed by atoms with Crippen LogP contribution in [0.25, 0.3) is 0 Å². The van der Waals surface area contributed by atoms with Gasteiger partial charge in [-0.3, -0.25) is 0 Å². The summed E-state index contributed by atoms with van der Waals surface area (Å²) in [6.07, 6.45) is -0.157. The van der Waals surface area contributed by atoms with E-state index in [0.717, 1.165) is 11.1 Å². The highest BCUT2D eigenvalue weighted by molar-refractivity contribution is 5.33. The lowest BCUT2D eigenvalue weighted by atomic mass is 10.1. The fraction of sp³-hybridized carbons (Fsp3) is 0.250. The topological polar surface area (TPSA) is 29.5 Å². The molecule has 0 aliphatic heterocycles. The third-order valence-electron chi connectivity index (χ3n) is 2.90. The van der Waals surface area contributed by atoms with Crippen molar-refractivity contribution in [2.45, 2.75) is 19.4 Å². The van der Waals surface area contributed by atoms with Crippen LogP contribution in [0.3, 0.4) is 0 Å². The number of benzene rings is 2. The maximum absolute atomic E-state index is 13.5. The van der Waals surface area contributed by atoms with Gasteiger partial charge < -0.3 is 9.84 Å². The van der Waals surface area contributed by atoms with Crippen molar-refractivity contribution >= 4 is 0 Å². The van der Waals surface area contributed by atoms with E-state index >= 15 is 0 Å². The van der Waals surface area contributed by atoms with Gasteiger partial charge in [-0.25, -0.2) is 4.39 Å². The number of ether oxygens (including phenoxy) is 1. The molecule has 0 bridgehead atoms. The average Bonchev–Trinajstić information content (AvgIpc) is 2.39. The lowest BCUT2D eigenvalue weighted by Gasteiger charge is -2.14. The van der Waals surface area contributed by atoms with Crippen molar-refractivity contribution in [3.63, 3.8) is 0 Å². The van der Waals surface area contributed by atoms with E-state index < -0.39 is 11.9 Å². The summed E-state index contributed by atoms with van der Waals surface area (Å²) < 4.78 is 18.9. The van der Waals surface area contributed by atoms with Gasteiger partial charge in [0.2, 0.25) is 0 Å². The zero-order chi connectivity index (χ0) is 13.7. The maximum atomic E-state index is 13.5. The summed E-state index contributed by atoms with van der Waals surface area (Å²) in [5, 5.41) is 9.90. The molecule has 0 saturated heterocycles. The van der Waals surface area contributed by atoms with Crippen LogP contribution in [0, 0.1) is 12.7 Å². The summed E-state index contributed by atoms with van der Waals surface area (Å²) in [7, 11) is 0. The van der Waals surface area contributed by atoms with E-state index in [1.54, 1.807) is 19.1 Å². The Labute approximate surface area is 112 Å². The van der Waals surface area contributed by atoms with Crippen LogP contribution in [0.4, 0.5) is 4.39 Å². The lowest BCUT2D eigenvalue weighted by molar-refractivity contribution is 0.105. The SMILES string of the molecule is Cc1cccc(F)c1OC[C@@H](O)Cc1ccccc1.